The van der Waals surface area contributed by atoms with Gasteiger partial charge in [-0.15, -0.1) is 0 Å². The summed E-state index contributed by atoms with van der Waals surface area (Å²) in [4.78, 5) is 12.2. The van der Waals surface area contributed by atoms with Gasteiger partial charge < -0.3 is 0 Å². The Morgan fingerprint density at radius 3 is 2.42 bits per heavy atom. The van der Waals surface area contributed by atoms with E-state index in [1.54, 1.807) is 0 Å². The maximum Gasteiger partial charge on any atom is 0.163 e. The van der Waals surface area contributed by atoms with Crippen molar-refractivity contribution in [2.45, 2.75) is 33.1 Å². The molecule has 98 valence electrons. The normalized spacial score (nSPS) is 10.4. The summed E-state index contributed by atoms with van der Waals surface area (Å²) in [6, 6.07) is 16.2. The van der Waals surface area contributed by atoms with Gasteiger partial charge in [0.25, 0.3) is 0 Å². The van der Waals surface area contributed by atoms with E-state index in [9.17, 15) is 4.79 Å². The number of hydrogen-bond acceptors (Lipinski definition) is 1. The lowest BCUT2D eigenvalue weighted by atomic mass is 9.93. The molecule has 0 amide bonds. The van der Waals surface area contributed by atoms with Gasteiger partial charge in [-0.2, -0.15) is 0 Å². The third-order valence-corrected chi connectivity index (χ3v) is 3.48. The molecule has 0 unspecified atom stereocenters. The van der Waals surface area contributed by atoms with Crippen LogP contribution in [0.15, 0.2) is 48.5 Å². The second-order valence-corrected chi connectivity index (χ2v) is 4.87. The van der Waals surface area contributed by atoms with Gasteiger partial charge in [0.15, 0.2) is 5.78 Å². The van der Waals surface area contributed by atoms with Crippen LogP contribution in [0.5, 0.6) is 0 Å². The lowest BCUT2D eigenvalue weighted by Gasteiger charge is -2.10. The standard InChI is InChI=1S/C18H20O/c1-3-4-13-18(19)17-12-8-11-16(14(17)2)15-9-6-5-7-10-15/h5-12H,3-4,13H2,1-2H3. The van der Waals surface area contributed by atoms with E-state index in [4.69, 9.17) is 0 Å². The van der Waals surface area contributed by atoms with Crippen LogP contribution in [0, 0.1) is 6.92 Å². The Bertz CT molecular complexity index is 555. The summed E-state index contributed by atoms with van der Waals surface area (Å²) >= 11 is 0. The van der Waals surface area contributed by atoms with E-state index in [1.807, 2.05) is 37.3 Å². The molecule has 0 heterocycles. The Morgan fingerprint density at radius 1 is 1.00 bits per heavy atom. The van der Waals surface area contributed by atoms with E-state index in [-0.39, 0.29) is 5.78 Å². The van der Waals surface area contributed by atoms with E-state index in [0.717, 1.165) is 29.5 Å². The van der Waals surface area contributed by atoms with Crippen molar-refractivity contribution in [3.8, 4) is 11.1 Å². The molecular formula is C18H20O. The number of carbonyl (C=O) groups is 1. The molecule has 0 fully saturated rings. The molecule has 1 nitrogen and oxygen atoms in total. The number of benzene rings is 2. The molecule has 0 radical (unpaired) electrons. The molecule has 0 aliphatic rings. The third-order valence-electron chi connectivity index (χ3n) is 3.48. The Hall–Kier alpha value is -1.89. The predicted octanol–water partition coefficient (Wildman–Crippen LogP) is 5.03. The van der Waals surface area contributed by atoms with Crippen LogP contribution in [-0.2, 0) is 0 Å². The van der Waals surface area contributed by atoms with Crippen molar-refractivity contribution in [3.63, 3.8) is 0 Å². The van der Waals surface area contributed by atoms with Gasteiger partial charge >= 0.3 is 0 Å². The van der Waals surface area contributed by atoms with E-state index in [1.165, 1.54) is 5.56 Å². The van der Waals surface area contributed by atoms with Crippen molar-refractivity contribution in [3.05, 3.63) is 59.7 Å². The third kappa shape index (κ3) is 3.11. The molecule has 0 aromatic heterocycles. The van der Waals surface area contributed by atoms with Crippen molar-refractivity contribution in [2.75, 3.05) is 0 Å². The van der Waals surface area contributed by atoms with Crippen molar-refractivity contribution in [1.29, 1.82) is 0 Å². The van der Waals surface area contributed by atoms with Gasteiger partial charge in [-0.3, -0.25) is 4.79 Å². The molecule has 0 saturated carbocycles. The quantitative estimate of drug-likeness (QED) is 0.682. The van der Waals surface area contributed by atoms with Gasteiger partial charge in [0, 0.05) is 12.0 Å². The molecule has 0 aliphatic heterocycles. The van der Waals surface area contributed by atoms with E-state index >= 15 is 0 Å². The predicted molar refractivity (Wildman–Crippen MR) is 80.5 cm³/mol. The summed E-state index contributed by atoms with van der Waals surface area (Å²) in [5.74, 6) is 0.261. The van der Waals surface area contributed by atoms with E-state index in [2.05, 4.69) is 25.1 Å². The molecule has 2 aromatic rings. The van der Waals surface area contributed by atoms with Gasteiger partial charge in [-0.25, -0.2) is 0 Å². The smallest absolute Gasteiger partial charge is 0.163 e. The van der Waals surface area contributed by atoms with Crippen LogP contribution < -0.4 is 0 Å². The zero-order chi connectivity index (χ0) is 13.7. The van der Waals surface area contributed by atoms with Crippen LogP contribution in [0.3, 0.4) is 0 Å². The highest BCUT2D eigenvalue weighted by molar-refractivity contribution is 5.99. The van der Waals surface area contributed by atoms with Crippen LogP contribution in [0.2, 0.25) is 0 Å². The minimum atomic E-state index is 0.261. The molecule has 1 heteroatoms. The largest absolute Gasteiger partial charge is 0.294 e. The Kier molecular flexibility index (Phi) is 4.51. The molecule has 0 aliphatic carbocycles. The summed E-state index contributed by atoms with van der Waals surface area (Å²) in [5, 5.41) is 0. The van der Waals surface area contributed by atoms with E-state index in [0.29, 0.717) is 6.42 Å². The molecule has 0 spiro atoms. The Balaban J connectivity index is 2.36. The van der Waals surface area contributed by atoms with Gasteiger partial charge in [0.1, 0.15) is 0 Å². The average molecular weight is 252 g/mol. The van der Waals surface area contributed by atoms with Crippen LogP contribution in [0.25, 0.3) is 11.1 Å². The minimum absolute atomic E-state index is 0.261. The van der Waals surface area contributed by atoms with Crippen LogP contribution in [0.1, 0.15) is 42.1 Å². The first-order chi connectivity index (χ1) is 9.24. The number of hydrogen-bond donors (Lipinski definition) is 0. The zero-order valence-electron chi connectivity index (χ0n) is 11.6. The summed E-state index contributed by atoms with van der Waals surface area (Å²) in [6.07, 6.45) is 2.67. The first kappa shape index (κ1) is 13.5. The average Bonchev–Trinajstić information content (AvgIpc) is 2.46. The molecule has 0 bridgehead atoms. The fourth-order valence-corrected chi connectivity index (χ4v) is 2.34. The summed E-state index contributed by atoms with van der Waals surface area (Å²) in [7, 11) is 0. The summed E-state index contributed by atoms with van der Waals surface area (Å²) < 4.78 is 0. The molecular weight excluding hydrogens is 232 g/mol. The number of rotatable bonds is 5. The first-order valence-electron chi connectivity index (χ1n) is 6.92. The van der Waals surface area contributed by atoms with Crippen LogP contribution in [0.4, 0.5) is 0 Å². The van der Waals surface area contributed by atoms with Gasteiger partial charge in [0.05, 0.1) is 0 Å². The van der Waals surface area contributed by atoms with Gasteiger partial charge in [0.2, 0.25) is 0 Å². The van der Waals surface area contributed by atoms with Crippen LogP contribution >= 0.6 is 0 Å². The maximum atomic E-state index is 12.2. The number of unbranched alkanes of at least 4 members (excludes halogenated alkanes) is 1. The fourth-order valence-electron chi connectivity index (χ4n) is 2.34. The second kappa shape index (κ2) is 6.33. The van der Waals surface area contributed by atoms with Crippen LogP contribution in [-0.4, -0.2) is 5.78 Å². The van der Waals surface area contributed by atoms with Crippen molar-refractivity contribution in [1.82, 2.24) is 0 Å². The molecule has 0 saturated heterocycles. The number of Topliss-reactive ketones (excluding diaryl/α,β-unsaturated/α-hetero) is 1. The number of carbonyl (C=O) groups excluding carboxylic acids is 1. The van der Waals surface area contributed by atoms with Crippen molar-refractivity contribution >= 4 is 5.78 Å². The molecule has 0 atom stereocenters. The highest BCUT2D eigenvalue weighted by Gasteiger charge is 2.11. The molecule has 19 heavy (non-hydrogen) atoms. The van der Waals surface area contributed by atoms with Gasteiger partial charge in [-0.1, -0.05) is 61.9 Å². The minimum Gasteiger partial charge on any atom is -0.294 e. The SMILES string of the molecule is CCCCC(=O)c1cccc(-c2ccccc2)c1C. The lowest BCUT2D eigenvalue weighted by Crippen LogP contribution is -2.02. The molecule has 2 aromatic carbocycles. The van der Waals surface area contributed by atoms with E-state index < -0.39 is 0 Å². The second-order valence-electron chi connectivity index (χ2n) is 4.87. The Labute approximate surface area is 115 Å². The van der Waals surface area contributed by atoms with Crippen molar-refractivity contribution < 1.29 is 4.79 Å². The molecule has 0 N–H and O–H groups in total. The highest BCUT2D eigenvalue weighted by Crippen LogP contribution is 2.26. The lowest BCUT2D eigenvalue weighted by molar-refractivity contribution is 0.0979. The highest BCUT2D eigenvalue weighted by atomic mass is 16.1. The summed E-state index contributed by atoms with van der Waals surface area (Å²) in [6.45, 7) is 4.15. The topological polar surface area (TPSA) is 17.1 Å². The summed E-state index contributed by atoms with van der Waals surface area (Å²) in [5.41, 5.74) is 4.29. The van der Waals surface area contributed by atoms with Gasteiger partial charge in [-0.05, 0) is 30.0 Å². The first-order valence-corrected chi connectivity index (χ1v) is 6.92. The number of ketones is 1. The maximum absolute atomic E-state index is 12.2. The zero-order valence-corrected chi connectivity index (χ0v) is 11.6. The molecule has 2 rings (SSSR count). The Morgan fingerprint density at radius 2 is 1.74 bits per heavy atom. The monoisotopic (exact) mass is 252 g/mol. The van der Waals surface area contributed by atoms with Crippen molar-refractivity contribution in [2.24, 2.45) is 0 Å². The fraction of sp³-hybridized carbons (Fsp3) is 0.278.